The lowest BCUT2D eigenvalue weighted by atomic mass is 10.1. The summed E-state index contributed by atoms with van der Waals surface area (Å²) in [5.74, 6) is 1.25. The molecule has 1 unspecified atom stereocenters. The van der Waals surface area contributed by atoms with Crippen LogP contribution in [0.2, 0.25) is 0 Å². The molecule has 0 aliphatic rings. The Labute approximate surface area is 213 Å². The zero-order valence-corrected chi connectivity index (χ0v) is 20.7. The van der Waals surface area contributed by atoms with Crippen LogP contribution in [0.3, 0.4) is 0 Å². The third kappa shape index (κ3) is 4.99. The van der Waals surface area contributed by atoms with E-state index in [2.05, 4.69) is 10.3 Å². The Morgan fingerprint density at radius 1 is 1.08 bits per heavy atom. The number of aromatic nitrogens is 4. The van der Waals surface area contributed by atoms with Crippen molar-refractivity contribution in [3.63, 3.8) is 0 Å². The molecule has 7 nitrogen and oxygen atoms in total. The summed E-state index contributed by atoms with van der Waals surface area (Å²) in [7, 11) is 3.54. The smallest absolute Gasteiger partial charge is 0.244 e. The zero-order valence-electron chi connectivity index (χ0n) is 19.9. The molecule has 0 bridgehead atoms. The quantitative estimate of drug-likeness (QED) is 0.298. The lowest BCUT2D eigenvalue weighted by Crippen LogP contribution is -2.29. The van der Waals surface area contributed by atoms with Gasteiger partial charge in [-0.15, -0.1) is 11.3 Å². The van der Waals surface area contributed by atoms with E-state index in [9.17, 15) is 4.79 Å². The Kier molecular flexibility index (Phi) is 6.77. The van der Waals surface area contributed by atoms with Gasteiger partial charge in [0.05, 0.1) is 17.7 Å². The molecule has 180 valence electrons. The van der Waals surface area contributed by atoms with E-state index >= 15 is 0 Å². The largest absolute Gasteiger partial charge is 0.497 e. The van der Waals surface area contributed by atoms with Crippen LogP contribution in [0.4, 0.5) is 0 Å². The number of imidazole rings is 1. The molecule has 36 heavy (non-hydrogen) atoms. The van der Waals surface area contributed by atoms with Crippen molar-refractivity contribution >= 4 is 23.3 Å². The Bertz CT molecular complexity index is 1470. The van der Waals surface area contributed by atoms with Crippen molar-refractivity contribution in [2.75, 3.05) is 7.11 Å². The molecule has 0 saturated carbocycles. The van der Waals surface area contributed by atoms with Gasteiger partial charge in [-0.1, -0.05) is 36.4 Å². The van der Waals surface area contributed by atoms with E-state index in [1.165, 1.54) is 0 Å². The first-order chi connectivity index (χ1) is 17.6. The predicted octanol–water partition coefficient (Wildman–Crippen LogP) is 5.26. The maximum absolute atomic E-state index is 13.1. The van der Waals surface area contributed by atoms with Crippen molar-refractivity contribution in [1.82, 2.24) is 24.6 Å². The minimum absolute atomic E-state index is 0.233. The first-order valence-corrected chi connectivity index (χ1v) is 12.3. The topological polar surface area (TPSA) is 74.0 Å². The molecule has 5 rings (SSSR count). The molecule has 0 saturated heterocycles. The number of rotatable bonds is 8. The molecule has 1 atom stereocenters. The van der Waals surface area contributed by atoms with Gasteiger partial charge in [-0.05, 0) is 47.4 Å². The third-order valence-electron chi connectivity index (χ3n) is 5.78. The molecule has 2 aromatic carbocycles. The van der Waals surface area contributed by atoms with Crippen LogP contribution < -0.4 is 10.1 Å². The highest BCUT2D eigenvalue weighted by Crippen LogP contribution is 2.29. The Hall–Kier alpha value is -4.43. The highest BCUT2D eigenvalue weighted by atomic mass is 32.1. The van der Waals surface area contributed by atoms with Crippen molar-refractivity contribution in [3.05, 3.63) is 114 Å². The minimum Gasteiger partial charge on any atom is -0.497 e. The summed E-state index contributed by atoms with van der Waals surface area (Å²) in [5.41, 5.74) is 3.54. The van der Waals surface area contributed by atoms with Crippen molar-refractivity contribution < 1.29 is 9.53 Å². The van der Waals surface area contributed by atoms with E-state index in [0.717, 1.165) is 39.0 Å². The van der Waals surface area contributed by atoms with Crippen molar-refractivity contribution in [2.45, 2.75) is 6.04 Å². The van der Waals surface area contributed by atoms with Crippen LogP contribution in [0.5, 0.6) is 5.75 Å². The second kappa shape index (κ2) is 10.5. The predicted molar refractivity (Wildman–Crippen MR) is 142 cm³/mol. The average Bonchev–Trinajstić information content (AvgIpc) is 3.68. The van der Waals surface area contributed by atoms with Crippen molar-refractivity contribution in [1.29, 1.82) is 0 Å². The number of hydrogen-bond donors (Lipinski definition) is 1. The lowest BCUT2D eigenvalue weighted by Gasteiger charge is -2.18. The molecule has 1 amide bonds. The van der Waals surface area contributed by atoms with Gasteiger partial charge in [-0.25, -0.2) is 9.67 Å². The second-order valence-corrected chi connectivity index (χ2v) is 9.08. The van der Waals surface area contributed by atoms with Crippen LogP contribution >= 0.6 is 11.3 Å². The number of amides is 1. The fraction of sp³-hybridized carbons (Fsp3) is 0.107. The molecule has 1 N–H and O–H groups in total. The van der Waals surface area contributed by atoms with Gasteiger partial charge in [0.15, 0.2) is 0 Å². The number of aryl methyl sites for hydroxylation is 1. The molecule has 0 aliphatic heterocycles. The van der Waals surface area contributed by atoms with Crippen LogP contribution in [-0.2, 0) is 11.8 Å². The zero-order chi connectivity index (χ0) is 24.9. The summed E-state index contributed by atoms with van der Waals surface area (Å²) in [4.78, 5) is 18.6. The van der Waals surface area contributed by atoms with Gasteiger partial charge in [0.25, 0.3) is 0 Å². The van der Waals surface area contributed by atoms with Gasteiger partial charge in [0.2, 0.25) is 5.91 Å². The van der Waals surface area contributed by atoms with Crippen molar-refractivity contribution in [2.24, 2.45) is 7.05 Å². The van der Waals surface area contributed by atoms with Crippen LogP contribution in [0.15, 0.2) is 96.8 Å². The standard InChI is InChI=1S/C28H25N5O2S/c1-32-17-16-29-28(32)27(20-10-13-23(35-2)14-11-20)30-25(34)15-12-21-19-33(22-7-4-3-5-8-22)31-26(21)24-9-6-18-36-24/h3-19,27H,1-2H3,(H,30,34)/b15-12+. The maximum atomic E-state index is 13.1. The molecule has 0 spiro atoms. The monoisotopic (exact) mass is 495 g/mol. The van der Waals surface area contributed by atoms with Gasteiger partial charge in [0, 0.05) is 37.3 Å². The van der Waals surface area contributed by atoms with Gasteiger partial charge >= 0.3 is 0 Å². The van der Waals surface area contributed by atoms with Gasteiger partial charge in [0.1, 0.15) is 23.3 Å². The highest BCUT2D eigenvalue weighted by molar-refractivity contribution is 7.13. The average molecular weight is 496 g/mol. The molecule has 5 aromatic rings. The van der Waals surface area contributed by atoms with E-state index in [1.807, 2.05) is 101 Å². The summed E-state index contributed by atoms with van der Waals surface area (Å²) < 4.78 is 9.02. The highest BCUT2D eigenvalue weighted by Gasteiger charge is 2.20. The fourth-order valence-corrected chi connectivity index (χ4v) is 4.66. The maximum Gasteiger partial charge on any atom is 0.244 e. The SMILES string of the molecule is COc1ccc(C(NC(=O)/C=C/c2cn(-c3ccccc3)nc2-c2cccs2)c2nccn2C)cc1. The molecule has 3 heterocycles. The number of hydrogen-bond acceptors (Lipinski definition) is 5. The Balaban J connectivity index is 1.43. The summed E-state index contributed by atoms with van der Waals surface area (Å²) in [6.45, 7) is 0. The van der Waals surface area contributed by atoms with E-state index in [4.69, 9.17) is 9.84 Å². The normalized spacial score (nSPS) is 12.1. The lowest BCUT2D eigenvalue weighted by molar-refractivity contribution is -0.117. The van der Waals surface area contributed by atoms with Gasteiger partial charge < -0.3 is 14.6 Å². The number of thiophene rings is 1. The first-order valence-electron chi connectivity index (χ1n) is 11.4. The molecular formula is C28H25N5O2S. The summed E-state index contributed by atoms with van der Waals surface area (Å²) in [6, 6.07) is 21.1. The molecule has 3 aromatic heterocycles. The van der Waals surface area contributed by atoms with Crippen LogP contribution in [0.1, 0.15) is 23.0 Å². The molecule has 0 radical (unpaired) electrons. The third-order valence-corrected chi connectivity index (χ3v) is 6.66. The Morgan fingerprint density at radius 3 is 2.56 bits per heavy atom. The van der Waals surface area contributed by atoms with Gasteiger partial charge in [-0.3, -0.25) is 4.79 Å². The van der Waals surface area contributed by atoms with E-state index in [-0.39, 0.29) is 5.91 Å². The van der Waals surface area contributed by atoms with Crippen LogP contribution in [0, 0.1) is 0 Å². The number of nitrogens with one attached hydrogen (secondary N) is 1. The van der Waals surface area contributed by atoms with E-state index in [1.54, 1.807) is 36.8 Å². The van der Waals surface area contributed by atoms with Crippen molar-refractivity contribution in [3.8, 4) is 22.0 Å². The van der Waals surface area contributed by atoms with E-state index in [0.29, 0.717) is 0 Å². The minimum atomic E-state index is -0.420. The van der Waals surface area contributed by atoms with E-state index < -0.39 is 6.04 Å². The molecular weight excluding hydrogens is 470 g/mol. The number of ether oxygens (including phenoxy) is 1. The number of carbonyl (C=O) groups is 1. The summed E-state index contributed by atoms with van der Waals surface area (Å²) >= 11 is 1.61. The molecule has 8 heteroatoms. The number of carbonyl (C=O) groups excluding carboxylic acids is 1. The second-order valence-electron chi connectivity index (χ2n) is 8.13. The summed E-state index contributed by atoms with van der Waals surface area (Å²) in [5, 5.41) is 9.92. The number of benzene rings is 2. The number of methoxy groups -OCH3 is 1. The Morgan fingerprint density at radius 2 is 1.89 bits per heavy atom. The molecule has 0 fully saturated rings. The number of nitrogens with zero attached hydrogens (tertiary/aromatic N) is 4. The first kappa shape index (κ1) is 23.3. The number of para-hydroxylation sites is 1. The van der Waals surface area contributed by atoms with Crippen LogP contribution in [0.25, 0.3) is 22.3 Å². The fourth-order valence-electron chi connectivity index (χ4n) is 3.93. The summed E-state index contributed by atoms with van der Waals surface area (Å²) in [6.07, 6.45) is 8.87. The van der Waals surface area contributed by atoms with Crippen LogP contribution in [-0.4, -0.2) is 32.3 Å². The molecule has 0 aliphatic carbocycles. The van der Waals surface area contributed by atoms with Gasteiger partial charge in [-0.2, -0.15) is 5.10 Å².